The van der Waals surface area contributed by atoms with Gasteiger partial charge in [-0.05, 0) is 49.9 Å². The second kappa shape index (κ2) is 12.0. The van der Waals surface area contributed by atoms with Crippen molar-refractivity contribution < 1.29 is 5.11 Å². The Morgan fingerprint density at radius 3 is 2.41 bits per heavy atom. The van der Waals surface area contributed by atoms with Crippen LogP contribution in [-0.4, -0.2) is 46.1 Å². The fraction of sp³-hybridized carbons (Fsp3) is 0.500. The van der Waals surface area contributed by atoms with E-state index in [1.807, 2.05) is 37.7 Å². The first-order chi connectivity index (χ1) is 12.6. The largest absolute Gasteiger partial charge is 0.388 e. The molecule has 0 atom stereocenters. The van der Waals surface area contributed by atoms with Gasteiger partial charge in [0.05, 0.1) is 17.8 Å². The van der Waals surface area contributed by atoms with Gasteiger partial charge in [-0.3, -0.25) is 4.99 Å². The topological polar surface area (TPSA) is 74.5 Å². The molecule has 150 valence electrons. The normalized spacial score (nSPS) is 11.8. The fourth-order valence-electron chi connectivity index (χ4n) is 2.60. The van der Waals surface area contributed by atoms with Crippen LogP contribution >= 0.6 is 24.0 Å². The molecule has 1 aromatic heterocycles. The van der Waals surface area contributed by atoms with E-state index in [-0.39, 0.29) is 24.0 Å². The number of aliphatic hydroxyl groups is 1. The lowest BCUT2D eigenvalue weighted by molar-refractivity contribution is 0.0418. The quantitative estimate of drug-likeness (QED) is 0.290. The number of halogens is 1. The van der Waals surface area contributed by atoms with Gasteiger partial charge in [-0.25, -0.2) is 4.68 Å². The van der Waals surface area contributed by atoms with E-state index in [0.717, 1.165) is 31.2 Å². The van der Waals surface area contributed by atoms with Gasteiger partial charge in [-0.2, -0.15) is 5.10 Å². The molecule has 1 heterocycles. The molecule has 0 saturated heterocycles. The maximum absolute atomic E-state index is 10.4. The number of rotatable bonds is 9. The summed E-state index contributed by atoms with van der Waals surface area (Å²) in [4.78, 5) is 4.54. The van der Waals surface area contributed by atoms with E-state index in [1.165, 1.54) is 5.56 Å². The highest BCUT2D eigenvalue weighted by atomic mass is 127. The molecule has 0 aliphatic heterocycles. The zero-order valence-corrected chi connectivity index (χ0v) is 18.8. The molecule has 2 rings (SSSR count). The minimum Gasteiger partial charge on any atom is -0.388 e. The minimum atomic E-state index is -0.718. The molecule has 0 fully saturated rings. The Hall–Kier alpha value is -1.61. The molecular weight excluding hydrogens is 453 g/mol. The fourth-order valence-corrected chi connectivity index (χ4v) is 2.60. The minimum absolute atomic E-state index is 0. The van der Waals surface area contributed by atoms with E-state index in [0.29, 0.717) is 19.4 Å². The predicted molar refractivity (Wildman–Crippen MR) is 122 cm³/mol. The molecule has 0 aliphatic carbocycles. The molecule has 7 heteroatoms. The number of benzene rings is 1. The van der Waals surface area contributed by atoms with Gasteiger partial charge in [-0.15, -0.1) is 24.0 Å². The summed E-state index contributed by atoms with van der Waals surface area (Å²) in [6.45, 7) is 8.01. The number of hydrogen-bond acceptors (Lipinski definition) is 3. The van der Waals surface area contributed by atoms with Crippen molar-refractivity contribution in [2.24, 2.45) is 4.99 Å². The summed E-state index contributed by atoms with van der Waals surface area (Å²) in [5, 5.41) is 21.2. The van der Waals surface area contributed by atoms with E-state index >= 15 is 0 Å². The third-order valence-electron chi connectivity index (χ3n) is 4.60. The first-order valence-corrected chi connectivity index (χ1v) is 9.43. The van der Waals surface area contributed by atoms with Crippen molar-refractivity contribution in [3.63, 3.8) is 0 Å². The SMILES string of the molecule is CCNC(=NCC(O)(CC)CC)NCCc1ccc(-n2cccn2)cc1.I. The van der Waals surface area contributed by atoms with E-state index in [9.17, 15) is 5.11 Å². The summed E-state index contributed by atoms with van der Waals surface area (Å²) in [5.74, 6) is 0.751. The van der Waals surface area contributed by atoms with Crippen molar-refractivity contribution in [3.05, 3.63) is 48.3 Å². The molecule has 0 amide bonds. The maximum atomic E-state index is 10.4. The first-order valence-electron chi connectivity index (χ1n) is 9.43. The van der Waals surface area contributed by atoms with Gasteiger partial charge in [0.15, 0.2) is 5.96 Å². The summed E-state index contributed by atoms with van der Waals surface area (Å²) in [6, 6.07) is 10.3. The van der Waals surface area contributed by atoms with Crippen LogP contribution in [0.2, 0.25) is 0 Å². The second-order valence-corrected chi connectivity index (χ2v) is 6.42. The van der Waals surface area contributed by atoms with E-state index in [1.54, 1.807) is 6.20 Å². The number of aliphatic imine (C=N–C) groups is 1. The molecule has 0 unspecified atom stereocenters. The van der Waals surface area contributed by atoms with E-state index in [4.69, 9.17) is 0 Å². The summed E-state index contributed by atoms with van der Waals surface area (Å²) >= 11 is 0. The Labute approximate surface area is 179 Å². The lowest BCUT2D eigenvalue weighted by Crippen LogP contribution is -2.40. The summed E-state index contributed by atoms with van der Waals surface area (Å²) in [5.41, 5.74) is 1.59. The Bertz CT molecular complexity index is 666. The van der Waals surface area contributed by atoms with Crippen LogP contribution in [0.3, 0.4) is 0 Å². The van der Waals surface area contributed by atoms with Gasteiger partial charge in [0, 0.05) is 25.5 Å². The Morgan fingerprint density at radius 2 is 1.85 bits per heavy atom. The van der Waals surface area contributed by atoms with Crippen LogP contribution in [0, 0.1) is 0 Å². The van der Waals surface area contributed by atoms with E-state index < -0.39 is 5.60 Å². The van der Waals surface area contributed by atoms with Crippen LogP contribution in [0.15, 0.2) is 47.7 Å². The molecule has 6 nitrogen and oxygen atoms in total. The van der Waals surface area contributed by atoms with Gasteiger partial charge in [0.1, 0.15) is 0 Å². The van der Waals surface area contributed by atoms with Crippen LogP contribution in [-0.2, 0) is 6.42 Å². The number of nitrogens with one attached hydrogen (secondary N) is 2. The highest BCUT2D eigenvalue weighted by Gasteiger charge is 2.21. The van der Waals surface area contributed by atoms with Gasteiger partial charge >= 0.3 is 0 Å². The summed E-state index contributed by atoms with van der Waals surface area (Å²) in [6.07, 6.45) is 6.01. The lowest BCUT2D eigenvalue weighted by atomic mass is 9.98. The van der Waals surface area contributed by atoms with Gasteiger partial charge in [0.2, 0.25) is 0 Å². The zero-order valence-electron chi connectivity index (χ0n) is 16.5. The average Bonchev–Trinajstić information content (AvgIpc) is 3.21. The smallest absolute Gasteiger partial charge is 0.191 e. The van der Waals surface area contributed by atoms with Crippen LogP contribution < -0.4 is 10.6 Å². The molecule has 1 aromatic carbocycles. The van der Waals surface area contributed by atoms with Crippen molar-refractivity contribution in [1.82, 2.24) is 20.4 Å². The van der Waals surface area contributed by atoms with Crippen LogP contribution in [0.25, 0.3) is 5.69 Å². The molecule has 2 aromatic rings. The van der Waals surface area contributed by atoms with Crippen LogP contribution in [0.1, 0.15) is 39.2 Å². The molecule has 27 heavy (non-hydrogen) atoms. The van der Waals surface area contributed by atoms with Gasteiger partial charge < -0.3 is 15.7 Å². The lowest BCUT2D eigenvalue weighted by Gasteiger charge is -2.23. The number of nitrogens with zero attached hydrogens (tertiary/aromatic N) is 3. The molecule has 0 saturated carbocycles. The second-order valence-electron chi connectivity index (χ2n) is 6.42. The summed E-state index contributed by atoms with van der Waals surface area (Å²) in [7, 11) is 0. The number of hydrogen-bond donors (Lipinski definition) is 3. The number of guanidine groups is 1. The molecular formula is C20H32IN5O. The zero-order chi connectivity index (χ0) is 18.8. The van der Waals surface area contributed by atoms with Crippen molar-refractivity contribution >= 4 is 29.9 Å². The third-order valence-corrected chi connectivity index (χ3v) is 4.60. The molecule has 0 radical (unpaired) electrons. The average molecular weight is 485 g/mol. The third kappa shape index (κ3) is 7.50. The molecule has 0 spiro atoms. The standard InChI is InChI=1S/C20H31N5O.HI/c1-4-20(26,5-2)16-23-19(21-6-3)22-14-12-17-8-10-18(11-9-17)25-15-7-13-24-25;/h7-11,13,15,26H,4-6,12,14,16H2,1-3H3,(H2,21,22,23);1H. The number of aromatic nitrogens is 2. The molecule has 3 N–H and O–H groups in total. The van der Waals surface area contributed by atoms with Crippen molar-refractivity contribution in [1.29, 1.82) is 0 Å². The highest BCUT2D eigenvalue weighted by molar-refractivity contribution is 14.0. The predicted octanol–water partition coefficient (Wildman–Crippen LogP) is 3.14. The Balaban J connectivity index is 0.00000364. The Morgan fingerprint density at radius 1 is 1.15 bits per heavy atom. The first kappa shape index (κ1) is 23.4. The van der Waals surface area contributed by atoms with Crippen LogP contribution in [0.5, 0.6) is 0 Å². The monoisotopic (exact) mass is 485 g/mol. The summed E-state index contributed by atoms with van der Waals surface area (Å²) < 4.78 is 1.85. The molecule has 0 bridgehead atoms. The van der Waals surface area contributed by atoms with Crippen molar-refractivity contribution in [2.75, 3.05) is 19.6 Å². The Kier molecular flexibility index (Phi) is 10.4. The highest BCUT2D eigenvalue weighted by Crippen LogP contribution is 2.14. The van der Waals surface area contributed by atoms with Gasteiger partial charge in [0.25, 0.3) is 0 Å². The van der Waals surface area contributed by atoms with E-state index in [2.05, 4.69) is 45.0 Å². The van der Waals surface area contributed by atoms with Crippen LogP contribution in [0.4, 0.5) is 0 Å². The maximum Gasteiger partial charge on any atom is 0.191 e. The van der Waals surface area contributed by atoms with Crippen molar-refractivity contribution in [2.45, 2.75) is 45.6 Å². The van der Waals surface area contributed by atoms with Crippen molar-refractivity contribution in [3.8, 4) is 5.69 Å². The van der Waals surface area contributed by atoms with Gasteiger partial charge in [-0.1, -0.05) is 26.0 Å². The molecule has 0 aliphatic rings.